The van der Waals surface area contributed by atoms with Gasteiger partial charge < -0.3 is 5.11 Å². The molecular formula is C22H22O2. The van der Waals surface area contributed by atoms with Gasteiger partial charge in [-0.05, 0) is 60.2 Å². The van der Waals surface area contributed by atoms with E-state index in [1.165, 1.54) is 5.56 Å². The summed E-state index contributed by atoms with van der Waals surface area (Å²) in [6, 6.07) is 18.4. The van der Waals surface area contributed by atoms with Crippen LogP contribution in [0.1, 0.15) is 33.7 Å². The normalized spacial score (nSPS) is 12.3. The van der Waals surface area contributed by atoms with Crippen molar-refractivity contribution in [3.63, 3.8) is 0 Å². The van der Waals surface area contributed by atoms with Gasteiger partial charge in [0, 0.05) is 0 Å². The molecule has 0 aromatic heterocycles. The highest BCUT2D eigenvalue weighted by Gasteiger charge is 2.24. The Labute approximate surface area is 142 Å². The van der Waals surface area contributed by atoms with Gasteiger partial charge in [0.2, 0.25) is 0 Å². The molecule has 2 heteroatoms. The predicted molar refractivity (Wildman–Crippen MR) is 98.7 cm³/mol. The Hall–Kier alpha value is -2.61. The molecule has 0 amide bonds. The first-order valence-electron chi connectivity index (χ1n) is 8.24. The van der Waals surface area contributed by atoms with Crippen molar-refractivity contribution in [2.75, 3.05) is 0 Å². The lowest BCUT2D eigenvalue weighted by Crippen LogP contribution is -2.17. The Kier molecular flexibility index (Phi) is 4.39. The molecule has 0 radical (unpaired) electrons. The molecule has 0 heterocycles. The van der Waals surface area contributed by atoms with Crippen LogP contribution in [0.2, 0.25) is 0 Å². The first-order valence-corrected chi connectivity index (χ1v) is 8.24. The van der Waals surface area contributed by atoms with Crippen LogP contribution < -0.4 is 0 Å². The van der Waals surface area contributed by atoms with Gasteiger partial charge in [0.05, 0.1) is 5.92 Å². The minimum absolute atomic E-state index is 0.501. The van der Waals surface area contributed by atoms with Crippen LogP contribution in [0.15, 0.2) is 54.6 Å². The molecule has 3 rings (SSSR count). The van der Waals surface area contributed by atoms with E-state index in [0.717, 1.165) is 33.0 Å². The average molecular weight is 318 g/mol. The molecule has 1 atom stereocenters. The Morgan fingerprint density at radius 3 is 2.25 bits per heavy atom. The van der Waals surface area contributed by atoms with Gasteiger partial charge in [0.1, 0.15) is 0 Å². The summed E-state index contributed by atoms with van der Waals surface area (Å²) in [5.74, 6) is -1.30. The number of hydrogen-bond acceptors (Lipinski definition) is 1. The Bertz CT molecular complexity index is 880. The molecule has 0 aliphatic carbocycles. The molecule has 1 unspecified atom stereocenters. The van der Waals surface area contributed by atoms with E-state index < -0.39 is 11.9 Å². The highest BCUT2D eigenvalue weighted by molar-refractivity contribution is 5.87. The highest BCUT2D eigenvalue weighted by atomic mass is 16.4. The summed E-state index contributed by atoms with van der Waals surface area (Å²) in [7, 11) is 0. The highest BCUT2D eigenvalue weighted by Crippen LogP contribution is 2.31. The molecule has 24 heavy (non-hydrogen) atoms. The quantitative estimate of drug-likeness (QED) is 0.720. The van der Waals surface area contributed by atoms with E-state index in [1.54, 1.807) is 0 Å². The van der Waals surface area contributed by atoms with Crippen molar-refractivity contribution in [2.45, 2.75) is 33.1 Å². The fourth-order valence-corrected chi connectivity index (χ4v) is 3.74. The van der Waals surface area contributed by atoms with E-state index >= 15 is 0 Å². The van der Waals surface area contributed by atoms with E-state index in [0.29, 0.717) is 6.42 Å². The summed E-state index contributed by atoms with van der Waals surface area (Å²) in [4.78, 5) is 12.0. The van der Waals surface area contributed by atoms with Crippen LogP contribution in [0.4, 0.5) is 0 Å². The number of carboxylic acid groups (broad SMARTS) is 1. The minimum atomic E-state index is -0.766. The second kappa shape index (κ2) is 6.48. The van der Waals surface area contributed by atoms with Crippen molar-refractivity contribution in [1.29, 1.82) is 0 Å². The number of aliphatic carboxylic acids is 1. The van der Waals surface area contributed by atoms with Crippen molar-refractivity contribution in [3.8, 4) is 0 Å². The van der Waals surface area contributed by atoms with Crippen LogP contribution in [0, 0.1) is 20.8 Å². The lowest BCUT2D eigenvalue weighted by atomic mass is 9.84. The van der Waals surface area contributed by atoms with Crippen LogP contribution in [-0.4, -0.2) is 11.1 Å². The second-order valence-corrected chi connectivity index (χ2v) is 6.55. The van der Waals surface area contributed by atoms with Gasteiger partial charge in [-0.3, -0.25) is 4.79 Å². The van der Waals surface area contributed by atoms with Gasteiger partial charge in [-0.2, -0.15) is 0 Å². The fraction of sp³-hybridized carbons (Fsp3) is 0.227. The van der Waals surface area contributed by atoms with E-state index in [1.807, 2.05) is 45.0 Å². The molecule has 0 saturated heterocycles. The molecule has 0 aliphatic rings. The van der Waals surface area contributed by atoms with Gasteiger partial charge in [0.15, 0.2) is 0 Å². The molecule has 0 fully saturated rings. The lowest BCUT2D eigenvalue weighted by Gasteiger charge is -2.20. The van der Waals surface area contributed by atoms with Gasteiger partial charge >= 0.3 is 5.97 Å². The third-order valence-corrected chi connectivity index (χ3v) is 4.69. The monoisotopic (exact) mass is 318 g/mol. The van der Waals surface area contributed by atoms with Gasteiger partial charge in [0.25, 0.3) is 0 Å². The number of rotatable bonds is 4. The maximum absolute atomic E-state index is 12.0. The molecule has 3 aromatic rings. The average Bonchev–Trinajstić information content (AvgIpc) is 2.53. The summed E-state index contributed by atoms with van der Waals surface area (Å²) in [6.45, 7) is 6.06. The van der Waals surface area contributed by atoms with Crippen molar-refractivity contribution in [1.82, 2.24) is 0 Å². The number of carboxylic acids is 1. The fourth-order valence-electron chi connectivity index (χ4n) is 3.74. The molecule has 122 valence electrons. The zero-order chi connectivity index (χ0) is 17.3. The number of benzene rings is 3. The summed E-state index contributed by atoms with van der Waals surface area (Å²) in [6.07, 6.45) is 0.501. The number of hydrogen-bond donors (Lipinski definition) is 1. The Morgan fingerprint density at radius 2 is 1.58 bits per heavy atom. The molecule has 0 bridgehead atoms. The van der Waals surface area contributed by atoms with Crippen LogP contribution in [0.25, 0.3) is 10.8 Å². The molecule has 2 nitrogen and oxygen atoms in total. The maximum Gasteiger partial charge on any atom is 0.311 e. The van der Waals surface area contributed by atoms with Gasteiger partial charge in [-0.1, -0.05) is 60.2 Å². The van der Waals surface area contributed by atoms with Crippen LogP contribution in [-0.2, 0) is 11.2 Å². The van der Waals surface area contributed by atoms with E-state index in [9.17, 15) is 9.90 Å². The minimum Gasteiger partial charge on any atom is -0.481 e. The lowest BCUT2D eigenvalue weighted by molar-refractivity contribution is -0.138. The summed E-state index contributed by atoms with van der Waals surface area (Å²) in [5.41, 5.74) is 5.31. The maximum atomic E-state index is 12.0. The van der Waals surface area contributed by atoms with Crippen LogP contribution in [0.3, 0.4) is 0 Å². The number of carbonyl (C=O) groups is 1. The first kappa shape index (κ1) is 16.3. The van der Waals surface area contributed by atoms with Crippen molar-refractivity contribution >= 4 is 16.7 Å². The molecule has 0 saturated carbocycles. The van der Waals surface area contributed by atoms with Crippen molar-refractivity contribution < 1.29 is 9.90 Å². The van der Waals surface area contributed by atoms with Crippen LogP contribution >= 0.6 is 0 Å². The molecular weight excluding hydrogens is 296 g/mol. The van der Waals surface area contributed by atoms with Crippen LogP contribution in [0.5, 0.6) is 0 Å². The van der Waals surface area contributed by atoms with E-state index in [4.69, 9.17) is 0 Å². The van der Waals surface area contributed by atoms with Gasteiger partial charge in [-0.15, -0.1) is 0 Å². The van der Waals surface area contributed by atoms with Gasteiger partial charge in [-0.25, -0.2) is 0 Å². The van der Waals surface area contributed by atoms with E-state index in [-0.39, 0.29) is 0 Å². The van der Waals surface area contributed by atoms with Crippen molar-refractivity contribution in [3.05, 3.63) is 82.4 Å². The molecule has 0 spiro atoms. The zero-order valence-electron chi connectivity index (χ0n) is 14.3. The first-order chi connectivity index (χ1) is 11.5. The molecule has 1 N–H and O–H groups in total. The zero-order valence-corrected chi connectivity index (χ0v) is 14.3. The SMILES string of the molecule is Cc1cc(C)c(C(Cc2cccc3ccccc23)C(=O)O)c(C)c1. The molecule has 3 aromatic carbocycles. The second-order valence-electron chi connectivity index (χ2n) is 6.55. The predicted octanol–water partition coefficient (Wildman–Crippen LogP) is 5.18. The van der Waals surface area contributed by atoms with Crippen molar-refractivity contribution in [2.24, 2.45) is 0 Å². The number of aryl methyl sites for hydroxylation is 3. The standard InChI is InChI=1S/C22H22O2/c1-14-11-15(2)21(16(3)12-14)20(22(23)24)13-18-9-6-8-17-7-4-5-10-19(17)18/h4-12,20H,13H2,1-3H3,(H,23,24). The Morgan fingerprint density at radius 1 is 0.958 bits per heavy atom. The largest absolute Gasteiger partial charge is 0.481 e. The van der Waals surface area contributed by atoms with E-state index in [2.05, 4.69) is 30.3 Å². The number of fused-ring (bicyclic) bond motifs is 1. The summed E-state index contributed by atoms with van der Waals surface area (Å²) < 4.78 is 0. The molecule has 0 aliphatic heterocycles. The Balaban J connectivity index is 2.09. The third kappa shape index (κ3) is 3.05. The summed E-state index contributed by atoms with van der Waals surface area (Å²) >= 11 is 0. The third-order valence-electron chi connectivity index (χ3n) is 4.69. The smallest absolute Gasteiger partial charge is 0.311 e. The summed E-state index contributed by atoms with van der Waals surface area (Å²) in [5, 5.41) is 12.2. The topological polar surface area (TPSA) is 37.3 Å².